The zero-order chi connectivity index (χ0) is 20.3. The minimum absolute atomic E-state index is 0.137. The molecule has 1 aromatic heterocycles. The zero-order valence-corrected chi connectivity index (χ0v) is 17.3. The van der Waals surface area contributed by atoms with Crippen molar-refractivity contribution in [1.82, 2.24) is 14.9 Å². The molecule has 2 heterocycles. The maximum atomic E-state index is 13.4. The molecule has 6 heteroatoms. The lowest BCUT2D eigenvalue weighted by Crippen LogP contribution is -2.32. The Morgan fingerprint density at radius 1 is 1.29 bits per heavy atom. The van der Waals surface area contributed by atoms with Gasteiger partial charge in [0, 0.05) is 25.3 Å². The second kappa shape index (κ2) is 8.59. The molecule has 0 bridgehead atoms. The molecule has 2 aromatic rings. The van der Waals surface area contributed by atoms with Gasteiger partial charge >= 0.3 is 0 Å². The summed E-state index contributed by atoms with van der Waals surface area (Å²) < 4.78 is 1.94. The summed E-state index contributed by atoms with van der Waals surface area (Å²) in [6.07, 6.45) is 2.78. The number of benzene rings is 1. The molecule has 1 aromatic carbocycles. The lowest BCUT2D eigenvalue weighted by molar-refractivity contribution is 0.0933. The second-order valence-electron chi connectivity index (χ2n) is 7.83. The number of aryl methyl sites for hydroxylation is 1. The molecule has 0 atom stereocenters. The van der Waals surface area contributed by atoms with E-state index in [0.717, 1.165) is 42.8 Å². The van der Waals surface area contributed by atoms with Crippen molar-refractivity contribution in [2.75, 3.05) is 18.0 Å². The van der Waals surface area contributed by atoms with Crippen molar-refractivity contribution >= 4 is 17.5 Å². The first-order valence-corrected chi connectivity index (χ1v) is 10.2. The lowest BCUT2D eigenvalue weighted by atomic mass is 10.1. The van der Waals surface area contributed by atoms with E-state index >= 15 is 0 Å². The highest BCUT2D eigenvalue weighted by atomic mass is 16.2. The number of amides is 2. The molecule has 1 aliphatic heterocycles. The van der Waals surface area contributed by atoms with Crippen molar-refractivity contribution in [3.63, 3.8) is 0 Å². The van der Waals surface area contributed by atoms with Gasteiger partial charge in [0.05, 0.1) is 5.69 Å². The van der Waals surface area contributed by atoms with Gasteiger partial charge in [-0.05, 0) is 56.7 Å². The molecule has 0 saturated heterocycles. The van der Waals surface area contributed by atoms with Gasteiger partial charge in [-0.2, -0.15) is 0 Å². The highest BCUT2D eigenvalue weighted by molar-refractivity contribution is 6.06. The Kier molecular flexibility index (Phi) is 6.17. The number of carbonyl (C=O) groups excluding carboxylic acids is 2. The fraction of sp³-hybridized carbons (Fsp3) is 0.500. The topological polar surface area (TPSA) is 67.2 Å². The number of nitrogens with one attached hydrogen (secondary N) is 1. The summed E-state index contributed by atoms with van der Waals surface area (Å²) in [5, 5.41) is 2.94. The van der Waals surface area contributed by atoms with Crippen LogP contribution < -0.4 is 10.2 Å². The molecule has 0 aliphatic carbocycles. The van der Waals surface area contributed by atoms with Crippen LogP contribution in [0.4, 0.5) is 5.69 Å². The standard InChI is InChI=1S/C22H30N4O2/c1-5-25(17-10-8-9-16(4)13-17)22(28)19-18-11-6-7-12-26(18)20(24-19)21(27)23-14-15(2)3/h8-10,13,15H,5-7,11-12,14H2,1-4H3,(H,23,27). The number of anilines is 1. The Morgan fingerprint density at radius 3 is 2.75 bits per heavy atom. The molecule has 2 amide bonds. The molecule has 0 radical (unpaired) electrons. The van der Waals surface area contributed by atoms with Gasteiger partial charge in [-0.3, -0.25) is 9.59 Å². The van der Waals surface area contributed by atoms with Gasteiger partial charge in [0.25, 0.3) is 11.8 Å². The number of carbonyl (C=O) groups is 2. The first kappa shape index (κ1) is 20.1. The summed E-state index contributed by atoms with van der Waals surface area (Å²) >= 11 is 0. The van der Waals surface area contributed by atoms with Crippen LogP contribution >= 0.6 is 0 Å². The van der Waals surface area contributed by atoms with Crippen LogP contribution in [0.3, 0.4) is 0 Å². The van der Waals surface area contributed by atoms with Crippen LogP contribution in [0.5, 0.6) is 0 Å². The van der Waals surface area contributed by atoms with Gasteiger partial charge in [0.15, 0.2) is 11.5 Å². The first-order chi connectivity index (χ1) is 13.4. The van der Waals surface area contributed by atoms with E-state index in [4.69, 9.17) is 0 Å². The number of nitrogens with zero attached hydrogens (tertiary/aromatic N) is 3. The van der Waals surface area contributed by atoms with Crippen LogP contribution in [0.1, 0.15) is 66.0 Å². The zero-order valence-electron chi connectivity index (χ0n) is 17.3. The maximum Gasteiger partial charge on any atom is 0.287 e. The van der Waals surface area contributed by atoms with Crippen molar-refractivity contribution in [1.29, 1.82) is 0 Å². The number of imidazole rings is 1. The summed E-state index contributed by atoms with van der Waals surface area (Å²) in [5.74, 6) is 0.382. The Labute approximate surface area is 166 Å². The highest BCUT2D eigenvalue weighted by Crippen LogP contribution is 2.25. The van der Waals surface area contributed by atoms with Crippen molar-refractivity contribution in [2.24, 2.45) is 5.92 Å². The van der Waals surface area contributed by atoms with Crippen molar-refractivity contribution in [3.05, 3.63) is 47.0 Å². The Hall–Kier alpha value is -2.63. The third kappa shape index (κ3) is 4.11. The van der Waals surface area contributed by atoms with Gasteiger partial charge in [-0.1, -0.05) is 26.0 Å². The molecule has 1 aliphatic rings. The summed E-state index contributed by atoms with van der Waals surface area (Å²) in [6, 6.07) is 7.90. The van der Waals surface area contributed by atoms with Crippen molar-refractivity contribution in [2.45, 2.75) is 53.5 Å². The minimum atomic E-state index is -0.200. The SMILES string of the molecule is CCN(C(=O)c1nc(C(=O)NCC(C)C)n2c1CCCC2)c1cccc(C)c1. The van der Waals surface area contributed by atoms with E-state index in [-0.39, 0.29) is 11.8 Å². The smallest absolute Gasteiger partial charge is 0.287 e. The van der Waals surface area contributed by atoms with E-state index in [1.165, 1.54) is 0 Å². The van der Waals surface area contributed by atoms with E-state index < -0.39 is 0 Å². The summed E-state index contributed by atoms with van der Waals surface area (Å²) in [5.41, 5.74) is 3.26. The van der Waals surface area contributed by atoms with Crippen LogP contribution in [0.25, 0.3) is 0 Å². The normalized spacial score (nSPS) is 13.3. The molecule has 6 nitrogen and oxygen atoms in total. The van der Waals surface area contributed by atoms with Gasteiger partial charge in [0.1, 0.15) is 0 Å². The molecule has 3 rings (SSSR count). The van der Waals surface area contributed by atoms with Gasteiger partial charge < -0.3 is 14.8 Å². The molecule has 0 unspecified atom stereocenters. The third-order valence-electron chi connectivity index (χ3n) is 5.07. The summed E-state index contributed by atoms with van der Waals surface area (Å²) in [4.78, 5) is 32.4. The van der Waals surface area contributed by atoms with Crippen LogP contribution in [0.2, 0.25) is 0 Å². The van der Waals surface area contributed by atoms with E-state index in [9.17, 15) is 9.59 Å². The first-order valence-electron chi connectivity index (χ1n) is 10.2. The average molecular weight is 383 g/mol. The average Bonchev–Trinajstić information content (AvgIpc) is 3.06. The number of hydrogen-bond acceptors (Lipinski definition) is 3. The van der Waals surface area contributed by atoms with Crippen molar-refractivity contribution in [3.8, 4) is 0 Å². The summed E-state index contributed by atoms with van der Waals surface area (Å²) in [7, 11) is 0. The number of fused-ring (bicyclic) bond motifs is 1. The Balaban J connectivity index is 1.96. The molecular weight excluding hydrogens is 352 g/mol. The molecule has 1 N–H and O–H groups in total. The lowest BCUT2D eigenvalue weighted by Gasteiger charge is -2.22. The third-order valence-corrected chi connectivity index (χ3v) is 5.07. The van der Waals surface area contributed by atoms with E-state index in [1.807, 2.05) is 42.7 Å². The van der Waals surface area contributed by atoms with Crippen LogP contribution in [-0.2, 0) is 13.0 Å². The quantitative estimate of drug-likeness (QED) is 0.830. The van der Waals surface area contributed by atoms with Gasteiger partial charge in [0.2, 0.25) is 0 Å². The van der Waals surface area contributed by atoms with Crippen molar-refractivity contribution < 1.29 is 9.59 Å². The predicted octanol–water partition coefficient (Wildman–Crippen LogP) is 3.58. The van der Waals surface area contributed by atoms with E-state index in [1.54, 1.807) is 4.90 Å². The summed E-state index contributed by atoms with van der Waals surface area (Å²) in [6.45, 7) is 9.94. The molecule has 150 valence electrons. The molecule has 0 fully saturated rings. The maximum absolute atomic E-state index is 13.4. The van der Waals surface area contributed by atoms with Crippen LogP contribution in [0, 0.1) is 12.8 Å². The minimum Gasteiger partial charge on any atom is -0.349 e. The van der Waals surface area contributed by atoms with Gasteiger partial charge in [-0.25, -0.2) is 4.98 Å². The van der Waals surface area contributed by atoms with Gasteiger partial charge in [-0.15, -0.1) is 0 Å². The fourth-order valence-electron chi connectivity index (χ4n) is 3.63. The molecule has 0 saturated carbocycles. The van der Waals surface area contributed by atoms with Crippen LogP contribution in [0.15, 0.2) is 24.3 Å². The molecular formula is C22H30N4O2. The highest BCUT2D eigenvalue weighted by Gasteiger charge is 2.30. The number of hydrogen-bond donors (Lipinski definition) is 1. The molecule has 0 spiro atoms. The van der Waals surface area contributed by atoms with E-state index in [0.29, 0.717) is 30.5 Å². The Morgan fingerprint density at radius 2 is 2.07 bits per heavy atom. The van der Waals surface area contributed by atoms with E-state index in [2.05, 4.69) is 24.1 Å². The largest absolute Gasteiger partial charge is 0.349 e. The number of rotatable bonds is 6. The monoisotopic (exact) mass is 382 g/mol. The Bertz CT molecular complexity index is 869. The predicted molar refractivity (Wildman–Crippen MR) is 111 cm³/mol. The molecule has 28 heavy (non-hydrogen) atoms. The fourth-order valence-corrected chi connectivity index (χ4v) is 3.63. The second-order valence-corrected chi connectivity index (χ2v) is 7.83. The van der Waals surface area contributed by atoms with Crippen LogP contribution in [-0.4, -0.2) is 34.5 Å². The number of aromatic nitrogens is 2.